The first-order valence-electron chi connectivity index (χ1n) is 5.79. The van der Waals surface area contributed by atoms with Crippen LogP contribution in [0.1, 0.15) is 48.2 Å². The van der Waals surface area contributed by atoms with E-state index in [4.69, 9.17) is 0 Å². The Balaban J connectivity index is 3.01. The molecule has 16 heavy (non-hydrogen) atoms. The van der Waals surface area contributed by atoms with Gasteiger partial charge in [-0.15, -0.1) is 0 Å². The molecule has 0 atom stereocenters. The van der Waals surface area contributed by atoms with Crippen LogP contribution in [-0.2, 0) is 0 Å². The molecule has 0 bridgehead atoms. The maximum absolute atomic E-state index is 10.8. The van der Waals surface area contributed by atoms with E-state index in [1.165, 1.54) is 0 Å². The average Bonchev–Trinajstić information content (AvgIpc) is 2.32. The van der Waals surface area contributed by atoms with E-state index in [1.54, 1.807) is 0 Å². The summed E-state index contributed by atoms with van der Waals surface area (Å²) in [5, 5.41) is 0. The Morgan fingerprint density at radius 2 is 2.00 bits per heavy atom. The first-order valence-corrected chi connectivity index (χ1v) is 5.79. The Morgan fingerprint density at radius 1 is 1.31 bits per heavy atom. The lowest BCUT2D eigenvalue weighted by molar-refractivity contribution is 0.112. The van der Waals surface area contributed by atoms with Crippen LogP contribution in [0.15, 0.2) is 18.2 Å². The monoisotopic (exact) mass is 214 g/mol. The Bertz CT molecular complexity index is 417. The van der Waals surface area contributed by atoms with Gasteiger partial charge in [0, 0.05) is 17.0 Å². The van der Waals surface area contributed by atoms with Gasteiger partial charge >= 0.3 is 0 Å². The van der Waals surface area contributed by atoms with Crippen LogP contribution in [-0.4, -0.2) is 6.29 Å². The first kappa shape index (κ1) is 12.5. The normalized spacial score (nSPS) is 9.75. The van der Waals surface area contributed by atoms with E-state index < -0.39 is 0 Å². The van der Waals surface area contributed by atoms with E-state index in [9.17, 15) is 4.79 Å². The van der Waals surface area contributed by atoms with Gasteiger partial charge in [0.2, 0.25) is 0 Å². The fourth-order valence-electron chi connectivity index (χ4n) is 1.59. The highest BCUT2D eigenvalue weighted by Gasteiger charge is 2.01. The summed E-state index contributed by atoms with van der Waals surface area (Å²) in [6.45, 7) is 6.25. The third-order valence-corrected chi connectivity index (χ3v) is 2.90. The van der Waals surface area contributed by atoms with Crippen LogP contribution in [0, 0.1) is 24.7 Å². The van der Waals surface area contributed by atoms with E-state index >= 15 is 0 Å². The summed E-state index contributed by atoms with van der Waals surface area (Å²) in [6.07, 6.45) is 3.05. The molecule has 84 valence electrons. The summed E-state index contributed by atoms with van der Waals surface area (Å²) < 4.78 is 0. The molecule has 0 heterocycles. The van der Waals surface area contributed by atoms with Crippen LogP contribution in [0.25, 0.3) is 0 Å². The molecule has 1 aromatic carbocycles. The molecule has 0 saturated carbocycles. The van der Waals surface area contributed by atoms with Crippen molar-refractivity contribution >= 4 is 6.29 Å². The van der Waals surface area contributed by atoms with Crippen LogP contribution in [0.3, 0.4) is 0 Å². The van der Waals surface area contributed by atoms with Crippen LogP contribution >= 0.6 is 0 Å². The number of hydrogen-bond donors (Lipinski definition) is 0. The second-order valence-corrected chi connectivity index (χ2v) is 3.92. The summed E-state index contributed by atoms with van der Waals surface area (Å²) in [5.74, 6) is 6.90. The van der Waals surface area contributed by atoms with E-state index in [0.29, 0.717) is 5.92 Å². The van der Waals surface area contributed by atoms with Crippen molar-refractivity contribution in [3.63, 3.8) is 0 Å². The maximum atomic E-state index is 10.8. The minimum Gasteiger partial charge on any atom is -0.298 e. The second kappa shape index (κ2) is 6.12. The van der Waals surface area contributed by atoms with Gasteiger partial charge in [0.25, 0.3) is 0 Å². The summed E-state index contributed by atoms with van der Waals surface area (Å²) >= 11 is 0. The Kier molecular flexibility index (Phi) is 4.79. The predicted octanol–water partition coefficient (Wildman–Crippen LogP) is 3.60. The molecule has 0 N–H and O–H groups in total. The van der Waals surface area contributed by atoms with Crippen molar-refractivity contribution in [2.75, 3.05) is 0 Å². The highest BCUT2D eigenvalue weighted by molar-refractivity contribution is 5.78. The largest absolute Gasteiger partial charge is 0.298 e. The zero-order chi connectivity index (χ0) is 12.0. The molecule has 0 radical (unpaired) electrons. The third-order valence-electron chi connectivity index (χ3n) is 2.90. The molecular weight excluding hydrogens is 196 g/mol. The van der Waals surface area contributed by atoms with Gasteiger partial charge in [0.05, 0.1) is 0 Å². The average molecular weight is 214 g/mol. The van der Waals surface area contributed by atoms with Gasteiger partial charge in [-0.25, -0.2) is 0 Å². The Morgan fingerprint density at radius 3 is 2.56 bits per heavy atom. The molecule has 0 aliphatic heterocycles. The first-order chi connectivity index (χ1) is 7.72. The van der Waals surface area contributed by atoms with E-state index in [2.05, 4.69) is 25.7 Å². The van der Waals surface area contributed by atoms with Gasteiger partial charge in [-0.3, -0.25) is 4.79 Å². The van der Waals surface area contributed by atoms with Crippen LogP contribution < -0.4 is 0 Å². The number of carbonyl (C=O) groups excluding carboxylic acids is 1. The quantitative estimate of drug-likeness (QED) is 0.555. The lowest BCUT2D eigenvalue weighted by Gasteiger charge is -2.03. The van der Waals surface area contributed by atoms with Crippen LogP contribution in [0.4, 0.5) is 0 Å². The second-order valence-electron chi connectivity index (χ2n) is 3.92. The highest BCUT2D eigenvalue weighted by atomic mass is 16.1. The SMILES string of the molecule is CCC(C#Cc1cccc(C=O)c1C)CC. The molecule has 0 amide bonds. The zero-order valence-electron chi connectivity index (χ0n) is 10.2. The summed E-state index contributed by atoms with van der Waals surface area (Å²) in [5.41, 5.74) is 2.68. The molecular formula is C15H18O. The van der Waals surface area contributed by atoms with E-state index in [-0.39, 0.29) is 0 Å². The summed E-state index contributed by atoms with van der Waals surface area (Å²) in [7, 11) is 0. The molecule has 1 aromatic rings. The minimum absolute atomic E-state index is 0.458. The number of hydrogen-bond acceptors (Lipinski definition) is 1. The molecule has 0 saturated heterocycles. The third kappa shape index (κ3) is 2.97. The van der Waals surface area contributed by atoms with Crippen molar-refractivity contribution < 1.29 is 4.79 Å². The molecule has 0 aliphatic rings. The highest BCUT2D eigenvalue weighted by Crippen LogP contribution is 2.12. The summed E-state index contributed by atoms with van der Waals surface area (Å²) in [6, 6.07) is 5.68. The molecule has 1 heteroatoms. The summed E-state index contributed by atoms with van der Waals surface area (Å²) in [4.78, 5) is 10.8. The Labute approximate surface area is 97.9 Å². The molecule has 0 aliphatic carbocycles. The number of carbonyl (C=O) groups is 1. The topological polar surface area (TPSA) is 17.1 Å². The lowest BCUT2D eigenvalue weighted by atomic mass is 10.0. The van der Waals surface area contributed by atoms with Gasteiger partial charge in [0.15, 0.2) is 0 Å². The van der Waals surface area contributed by atoms with Crippen molar-refractivity contribution in [1.82, 2.24) is 0 Å². The smallest absolute Gasteiger partial charge is 0.150 e. The van der Waals surface area contributed by atoms with Crippen LogP contribution in [0.5, 0.6) is 0 Å². The predicted molar refractivity (Wildman–Crippen MR) is 67.5 cm³/mol. The minimum atomic E-state index is 0.458. The molecule has 0 fully saturated rings. The zero-order valence-corrected chi connectivity index (χ0v) is 10.2. The maximum Gasteiger partial charge on any atom is 0.150 e. The fourth-order valence-corrected chi connectivity index (χ4v) is 1.59. The lowest BCUT2D eigenvalue weighted by Crippen LogP contribution is -1.93. The van der Waals surface area contributed by atoms with Crippen molar-refractivity contribution in [2.24, 2.45) is 5.92 Å². The number of rotatable bonds is 3. The molecule has 0 spiro atoms. The van der Waals surface area contributed by atoms with E-state index in [0.717, 1.165) is 35.8 Å². The van der Waals surface area contributed by atoms with Crippen molar-refractivity contribution in [3.8, 4) is 11.8 Å². The van der Waals surface area contributed by atoms with Crippen molar-refractivity contribution in [2.45, 2.75) is 33.6 Å². The van der Waals surface area contributed by atoms with E-state index in [1.807, 2.05) is 25.1 Å². The number of aldehydes is 1. The van der Waals surface area contributed by atoms with Gasteiger partial charge < -0.3 is 0 Å². The van der Waals surface area contributed by atoms with Gasteiger partial charge in [-0.2, -0.15) is 0 Å². The Hall–Kier alpha value is -1.55. The van der Waals surface area contributed by atoms with Crippen molar-refractivity contribution in [3.05, 3.63) is 34.9 Å². The van der Waals surface area contributed by atoms with Gasteiger partial charge in [-0.1, -0.05) is 37.8 Å². The van der Waals surface area contributed by atoms with Crippen LogP contribution in [0.2, 0.25) is 0 Å². The molecule has 1 rings (SSSR count). The fraction of sp³-hybridized carbons (Fsp3) is 0.400. The molecule has 0 unspecified atom stereocenters. The van der Waals surface area contributed by atoms with Crippen molar-refractivity contribution in [1.29, 1.82) is 0 Å². The standard InChI is InChI=1S/C15H18O/c1-4-13(5-2)9-10-14-7-6-8-15(11-16)12(14)3/h6-8,11,13H,4-5H2,1-3H3. The number of benzene rings is 1. The molecule has 0 aromatic heterocycles. The van der Waals surface area contributed by atoms with Gasteiger partial charge in [-0.05, 0) is 31.4 Å². The molecule has 1 nitrogen and oxygen atoms in total. The van der Waals surface area contributed by atoms with Gasteiger partial charge in [0.1, 0.15) is 6.29 Å².